The SMILES string of the molecule is Cc1ccc(Nc2nc(Nc3ccc(S(=O)(=O)O)cc3)c(N=Nc3sc(N=Nc4ccc5cc(S(=O)(=O)Nc6cc(C)c7cc(S(=O)(=O)O)cc(S(=O)(=O)O)c7c6)ccc5c4)c(-c4ccc5ccccc5c4)c3C#N)c(C)c2C#N)cc1. The maximum atomic E-state index is 13.8. The van der Waals surface area contributed by atoms with E-state index in [9.17, 15) is 57.9 Å². The molecule has 8 aromatic carbocycles. The summed E-state index contributed by atoms with van der Waals surface area (Å²) in [5.41, 5.74) is 4.08. The lowest BCUT2D eigenvalue weighted by atomic mass is 10.00. The average molecular weight is 1190 g/mol. The zero-order valence-corrected chi connectivity index (χ0v) is 46.8. The number of aromatic nitrogens is 1. The highest BCUT2D eigenvalue weighted by Crippen LogP contribution is 2.49. The number of nitrogens with one attached hydrogen (secondary N) is 3. The molecule has 21 nitrogen and oxygen atoms in total. The number of fused-ring (bicyclic) bond motifs is 3. The molecule has 0 radical (unpaired) electrons. The second-order valence-corrected chi connectivity index (χ2v) is 25.4. The van der Waals surface area contributed by atoms with Gasteiger partial charge in [-0.2, -0.15) is 35.8 Å². The van der Waals surface area contributed by atoms with Crippen LogP contribution in [0.1, 0.15) is 27.8 Å². The van der Waals surface area contributed by atoms with Crippen molar-refractivity contribution in [3.8, 4) is 23.3 Å². The van der Waals surface area contributed by atoms with Crippen molar-refractivity contribution >= 4 is 134 Å². The van der Waals surface area contributed by atoms with Gasteiger partial charge in [0.25, 0.3) is 40.4 Å². The Balaban J connectivity index is 1.01. The fourth-order valence-corrected chi connectivity index (χ4v) is 12.7. The highest BCUT2D eigenvalue weighted by atomic mass is 32.2. The van der Waals surface area contributed by atoms with Crippen molar-refractivity contribution in [1.82, 2.24) is 4.98 Å². The molecule has 410 valence electrons. The first-order valence-corrected chi connectivity index (χ1v) is 30.6. The van der Waals surface area contributed by atoms with Crippen LogP contribution >= 0.6 is 11.3 Å². The van der Waals surface area contributed by atoms with E-state index in [-0.39, 0.29) is 70.3 Å². The molecule has 0 spiro atoms. The molecule has 0 aliphatic heterocycles. The Morgan fingerprint density at radius 3 is 1.78 bits per heavy atom. The van der Waals surface area contributed by atoms with Gasteiger partial charge in [0.05, 0.1) is 25.9 Å². The van der Waals surface area contributed by atoms with Crippen LogP contribution in [-0.4, -0.2) is 52.3 Å². The molecule has 10 aromatic rings. The summed E-state index contributed by atoms with van der Waals surface area (Å²) >= 11 is 1.01. The first-order chi connectivity index (χ1) is 38.9. The molecule has 0 aliphatic rings. The van der Waals surface area contributed by atoms with E-state index in [0.717, 1.165) is 39.8 Å². The van der Waals surface area contributed by atoms with Crippen LogP contribution in [0.15, 0.2) is 192 Å². The molecule has 0 saturated carbocycles. The number of hydrogen-bond acceptors (Lipinski definition) is 18. The number of nitrogens with zero attached hydrogens (tertiary/aromatic N) is 7. The lowest BCUT2D eigenvalue weighted by Crippen LogP contribution is -2.13. The Hall–Kier alpha value is -9.35. The molecule has 26 heteroatoms. The van der Waals surface area contributed by atoms with Crippen molar-refractivity contribution in [3.63, 3.8) is 0 Å². The van der Waals surface area contributed by atoms with Crippen molar-refractivity contribution < 1.29 is 47.3 Å². The van der Waals surface area contributed by atoms with E-state index in [0.29, 0.717) is 50.6 Å². The van der Waals surface area contributed by atoms with Crippen LogP contribution in [-0.2, 0) is 40.4 Å². The van der Waals surface area contributed by atoms with Crippen molar-refractivity contribution in [2.75, 3.05) is 15.4 Å². The van der Waals surface area contributed by atoms with Gasteiger partial charge in [-0.1, -0.05) is 77.6 Å². The molecule has 0 saturated heterocycles. The van der Waals surface area contributed by atoms with Gasteiger partial charge >= 0.3 is 0 Å². The lowest BCUT2D eigenvalue weighted by Gasteiger charge is -2.16. The van der Waals surface area contributed by atoms with Crippen LogP contribution in [0.3, 0.4) is 0 Å². The van der Waals surface area contributed by atoms with E-state index >= 15 is 0 Å². The van der Waals surface area contributed by atoms with Gasteiger partial charge in [-0.25, -0.2) is 13.4 Å². The minimum Gasteiger partial charge on any atom is -0.339 e. The minimum atomic E-state index is -5.07. The molecular formula is C56H40N10O11S5. The number of benzene rings is 8. The summed E-state index contributed by atoms with van der Waals surface area (Å²) < 4.78 is 132. The van der Waals surface area contributed by atoms with Gasteiger partial charge < -0.3 is 10.6 Å². The molecule has 2 aromatic heterocycles. The van der Waals surface area contributed by atoms with Gasteiger partial charge in [-0.15, -0.1) is 20.5 Å². The topological polar surface area (TPSA) is 343 Å². The van der Waals surface area contributed by atoms with Gasteiger partial charge in [-0.3, -0.25) is 18.4 Å². The first kappa shape index (κ1) is 55.9. The third-order valence-electron chi connectivity index (χ3n) is 12.9. The minimum absolute atomic E-state index is 0.00950. The predicted octanol–water partition coefficient (Wildman–Crippen LogP) is 13.8. The highest BCUT2D eigenvalue weighted by Gasteiger charge is 2.26. The molecule has 82 heavy (non-hydrogen) atoms. The molecule has 0 amide bonds. The third kappa shape index (κ3) is 11.6. The summed E-state index contributed by atoms with van der Waals surface area (Å²) in [6.45, 7) is 5.04. The highest BCUT2D eigenvalue weighted by molar-refractivity contribution is 7.92. The number of rotatable bonds is 15. The largest absolute Gasteiger partial charge is 0.339 e. The molecule has 0 aliphatic carbocycles. The summed E-state index contributed by atoms with van der Waals surface area (Å²) in [4.78, 5) is 2.56. The van der Waals surface area contributed by atoms with E-state index in [4.69, 9.17) is 4.98 Å². The van der Waals surface area contributed by atoms with Crippen molar-refractivity contribution in [2.45, 2.75) is 40.4 Å². The number of aryl methyl sites for hydroxylation is 2. The van der Waals surface area contributed by atoms with Crippen molar-refractivity contribution in [3.05, 3.63) is 179 Å². The van der Waals surface area contributed by atoms with E-state index in [1.165, 1.54) is 55.5 Å². The smallest absolute Gasteiger partial charge is 0.295 e. The number of anilines is 5. The number of pyridine rings is 1. The molecule has 10 rings (SSSR count). The summed E-state index contributed by atoms with van der Waals surface area (Å²) in [7, 11) is -18.9. The third-order valence-corrected chi connectivity index (χ3v) is 17.9. The van der Waals surface area contributed by atoms with E-state index in [2.05, 4.69) is 48.0 Å². The zero-order chi connectivity index (χ0) is 58.5. The maximum Gasteiger partial charge on any atom is 0.295 e. The van der Waals surface area contributed by atoms with Gasteiger partial charge in [0.1, 0.15) is 33.3 Å². The second-order valence-electron chi connectivity index (χ2n) is 18.5. The van der Waals surface area contributed by atoms with Gasteiger partial charge in [0, 0.05) is 33.6 Å². The molecule has 0 bridgehead atoms. The number of azo groups is 2. The molecule has 0 unspecified atom stereocenters. The Morgan fingerprint density at radius 2 is 1.11 bits per heavy atom. The number of thiophene rings is 1. The standard InChI is InChI=1S/C56H40N10O11S5/c1-31-8-14-39(15-9-31)59-53-48(29-57)33(3)52(54(61-53)60-40-17-20-43(21-18-40)80(69,70)71)63-64-55-49(30-58)51(38-11-10-34-6-4-5-7-35(34)23-38)56(78-55)65-62-41-16-12-37-25-44(19-13-36(37)24-41)79(67,68)66-42-22-32(2)46-27-45(81(72,73)74)28-50(47(46)26-42)82(75,76)77/h4-28,66H,1-3H3,(H2,59,60,61)(H,69,70,71)(H,72,73,74)(H,75,76,77). The number of hydrogen-bond donors (Lipinski definition) is 6. The van der Waals surface area contributed by atoms with Crippen LogP contribution in [0.4, 0.5) is 50.1 Å². The predicted molar refractivity (Wildman–Crippen MR) is 311 cm³/mol. The Bertz CT molecular complexity index is 4950. The van der Waals surface area contributed by atoms with Crippen LogP contribution in [0.5, 0.6) is 0 Å². The Kier molecular flexibility index (Phi) is 14.7. The van der Waals surface area contributed by atoms with E-state index in [1.54, 1.807) is 25.1 Å². The van der Waals surface area contributed by atoms with E-state index in [1.807, 2.05) is 73.7 Å². The van der Waals surface area contributed by atoms with Crippen LogP contribution in [0.25, 0.3) is 43.4 Å². The van der Waals surface area contributed by atoms with Crippen LogP contribution < -0.4 is 15.4 Å². The summed E-state index contributed by atoms with van der Waals surface area (Å²) in [6, 6.07) is 43.5. The van der Waals surface area contributed by atoms with Gasteiger partial charge in [0.2, 0.25) is 0 Å². The molecule has 0 fully saturated rings. The fourth-order valence-electron chi connectivity index (χ4n) is 8.88. The Morgan fingerprint density at radius 1 is 0.512 bits per heavy atom. The molecule has 2 heterocycles. The number of sulfonamides is 1. The monoisotopic (exact) mass is 1190 g/mol. The molecule has 0 atom stereocenters. The summed E-state index contributed by atoms with van der Waals surface area (Å²) in [5, 5.41) is 49.1. The number of nitriles is 2. The van der Waals surface area contributed by atoms with Crippen molar-refractivity contribution in [1.29, 1.82) is 10.5 Å². The van der Waals surface area contributed by atoms with Crippen molar-refractivity contribution in [2.24, 2.45) is 20.5 Å². The summed E-state index contributed by atoms with van der Waals surface area (Å²) in [6.07, 6.45) is 0. The average Bonchev–Trinajstić information content (AvgIpc) is 3.86. The van der Waals surface area contributed by atoms with Gasteiger partial charge in [-0.05, 0) is 150 Å². The quantitative estimate of drug-likeness (QED) is 0.0410. The first-order valence-electron chi connectivity index (χ1n) is 24.0. The maximum absolute atomic E-state index is 13.8. The molecular weight excluding hydrogens is 1150 g/mol. The van der Waals surface area contributed by atoms with Crippen LogP contribution in [0.2, 0.25) is 0 Å². The fraction of sp³-hybridized carbons (Fsp3) is 0.0536. The Labute approximate surface area is 472 Å². The zero-order valence-electron chi connectivity index (χ0n) is 42.7. The normalized spacial score (nSPS) is 12.3. The van der Waals surface area contributed by atoms with E-state index < -0.39 is 50.2 Å². The molecule has 6 N–H and O–H groups in total. The summed E-state index contributed by atoms with van der Waals surface area (Å²) in [5.74, 6) is 0.262. The van der Waals surface area contributed by atoms with Crippen LogP contribution in [0, 0.1) is 43.4 Å². The van der Waals surface area contributed by atoms with Gasteiger partial charge in [0.15, 0.2) is 16.6 Å². The second kappa shape index (κ2) is 21.6. The lowest BCUT2D eigenvalue weighted by molar-refractivity contribution is 0.479.